The molecule has 0 unspecified atom stereocenters. The van der Waals surface area contributed by atoms with Crippen LogP contribution >= 0.6 is 0 Å². The number of carboxylic acid groups (broad SMARTS) is 1. The standard InChI is InChI=1S/C22H32O2/c1-2-3-4-5-6-7-8-9-10-11-12-13-14-15-16-17-18-19-20-21-22(23)24/h2,12-21H,1,3-11H2,(H,23,24). The summed E-state index contributed by atoms with van der Waals surface area (Å²) >= 11 is 0. The second kappa shape index (κ2) is 19.0. The fourth-order valence-electron chi connectivity index (χ4n) is 2.13. The smallest absolute Gasteiger partial charge is 0.328 e. The molecule has 0 radical (unpaired) electrons. The number of allylic oxidation sites excluding steroid dienone is 10. The molecule has 24 heavy (non-hydrogen) atoms. The van der Waals surface area contributed by atoms with Crippen LogP contribution in [0.15, 0.2) is 73.4 Å². The Hall–Kier alpha value is -2.09. The van der Waals surface area contributed by atoms with Crippen molar-refractivity contribution in [2.75, 3.05) is 0 Å². The van der Waals surface area contributed by atoms with Gasteiger partial charge < -0.3 is 5.11 Å². The zero-order valence-electron chi connectivity index (χ0n) is 14.8. The maximum atomic E-state index is 10.2. The van der Waals surface area contributed by atoms with Crippen molar-refractivity contribution in [1.82, 2.24) is 0 Å². The van der Waals surface area contributed by atoms with Gasteiger partial charge in [0.2, 0.25) is 0 Å². The first-order valence-corrected chi connectivity index (χ1v) is 8.94. The largest absolute Gasteiger partial charge is 0.478 e. The highest BCUT2D eigenvalue weighted by molar-refractivity contribution is 5.80. The van der Waals surface area contributed by atoms with Gasteiger partial charge in [0.05, 0.1) is 0 Å². The summed E-state index contributed by atoms with van der Waals surface area (Å²) in [5, 5.41) is 8.40. The molecule has 0 fully saturated rings. The number of hydrogen-bond donors (Lipinski definition) is 1. The molecule has 0 aliphatic rings. The molecule has 0 heterocycles. The maximum absolute atomic E-state index is 10.2. The minimum absolute atomic E-state index is 0.933. The van der Waals surface area contributed by atoms with Crippen LogP contribution in [0.5, 0.6) is 0 Å². The number of aliphatic carboxylic acids is 1. The Labute approximate surface area is 147 Å². The van der Waals surface area contributed by atoms with Crippen molar-refractivity contribution in [3.05, 3.63) is 73.4 Å². The average molecular weight is 328 g/mol. The number of unbranched alkanes of at least 4 members (excludes halogenated alkanes) is 8. The topological polar surface area (TPSA) is 37.3 Å². The average Bonchev–Trinajstić information content (AvgIpc) is 2.56. The van der Waals surface area contributed by atoms with Gasteiger partial charge in [-0.15, -0.1) is 6.58 Å². The molecule has 1 N–H and O–H groups in total. The van der Waals surface area contributed by atoms with E-state index in [0.717, 1.165) is 18.9 Å². The van der Waals surface area contributed by atoms with Crippen molar-refractivity contribution in [1.29, 1.82) is 0 Å². The summed E-state index contributed by atoms with van der Waals surface area (Å²) in [6.45, 7) is 3.74. The van der Waals surface area contributed by atoms with E-state index in [4.69, 9.17) is 5.11 Å². The second-order valence-electron chi connectivity index (χ2n) is 5.62. The van der Waals surface area contributed by atoms with Crippen LogP contribution in [0.3, 0.4) is 0 Å². The van der Waals surface area contributed by atoms with E-state index >= 15 is 0 Å². The number of hydrogen-bond acceptors (Lipinski definition) is 1. The second-order valence-corrected chi connectivity index (χ2v) is 5.62. The highest BCUT2D eigenvalue weighted by Crippen LogP contribution is 2.10. The van der Waals surface area contributed by atoms with Crippen molar-refractivity contribution in [2.45, 2.75) is 57.8 Å². The van der Waals surface area contributed by atoms with Crippen LogP contribution < -0.4 is 0 Å². The Morgan fingerprint density at radius 2 is 1.12 bits per heavy atom. The van der Waals surface area contributed by atoms with Gasteiger partial charge in [-0.05, 0) is 25.7 Å². The highest BCUT2D eigenvalue weighted by Gasteiger charge is 1.90. The van der Waals surface area contributed by atoms with Gasteiger partial charge in [0.1, 0.15) is 0 Å². The Bertz CT molecular complexity index is 451. The van der Waals surface area contributed by atoms with Crippen LogP contribution in [0.1, 0.15) is 57.8 Å². The fourth-order valence-corrected chi connectivity index (χ4v) is 2.13. The third-order valence-electron chi connectivity index (χ3n) is 3.43. The predicted octanol–water partition coefficient (Wildman–Crippen LogP) is 6.55. The lowest BCUT2D eigenvalue weighted by Gasteiger charge is -1.99. The fraction of sp³-hybridized carbons (Fsp3) is 0.409. The van der Waals surface area contributed by atoms with E-state index in [1.165, 1.54) is 51.0 Å². The van der Waals surface area contributed by atoms with Crippen LogP contribution in [0.4, 0.5) is 0 Å². The van der Waals surface area contributed by atoms with Gasteiger partial charge in [-0.2, -0.15) is 0 Å². The van der Waals surface area contributed by atoms with Crippen molar-refractivity contribution >= 4 is 5.97 Å². The molecular weight excluding hydrogens is 296 g/mol. The lowest BCUT2D eigenvalue weighted by atomic mass is 10.1. The molecule has 0 aliphatic heterocycles. The number of carboxylic acids is 1. The van der Waals surface area contributed by atoms with Crippen molar-refractivity contribution in [2.24, 2.45) is 0 Å². The normalized spacial score (nSPS) is 12.5. The number of rotatable bonds is 15. The van der Waals surface area contributed by atoms with Gasteiger partial charge in [-0.3, -0.25) is 0 Å². The van der Waals surface area contributed by atoms with Crippen LogP contribution in [0.2, 0.25) is 0 Å². The minimum atomic E-state index is -0.933. The summed E-state index contributed by atoms with van der Waals surface area (Å²) < 4.78 is 0. The zero-order chi connectivity index (χ0) is 17.7. The molecule has 0 atom stereocenters. The van der Waals surface area contributed by atoms with Gasteiger partial charge in [-0.1, -0.05) is 92.9 Å². The molecule has 0 saturated carbocycles. The molecule has 0 spiro atoms. The van der Waals surface area contributed by atoms with Crippen LogP contribution in [-0.2, 0) is 4.79 Å². The molecule has 132 valence electrons. The quantitative estimate of drug-likeness (QED) is 0.160. The van der Waals surface area contributed by atoms with E-state index in [1.807, 2.05) is 30.4 Å². The summed E-state index contributed by atoms with van der Waals surface area (Å²) in [6, 6.07) is 0. The molecule has 2 nitrogen and oxygen atoms in total. The van der Waals surface area contributed by atoms with Crippen LogP contribution in [-0.4, -0.2) is 11.1 Å². The van der Waals surface area contributed by atoms with E-state index in [2.05, 4.69) is 18.7 Å². The van der Waals surface area contributed by atoms with E-state index in [9.17, 15) is 4.79 Å². The first-order chi connectivity index (χ1) is 11.8. The molecule has 0 aromatic carbocycles. The van der Waals surface area contributed by atoms with Gasteiger partial charge in [0.25, 0.3) is 0 Å². The van der Waals surface area contributed by atoms with Gasteiger partial charge >= 0.3 is 5.97 Å². The van der Waals surface area contributed by atoms with Crippen LogP contribution in [0.25, 0.3) is 0 Å². The molecule has 2 heteroatoms. The Morgan fingerprint density at radius 3 is 1.67 bits per heavy atom. The van der Waals surface area contributed by atoms with Gasteiger partial charge in [0, 0.05) is 6.08 Å². The highest BCUT2D eigenvalue weighted by atomic mass is 16.4. The summed E-state index contributed by atoms with van der Waals surface area (Å²) in [4.78, 5) is 10.2. The lowest BCUT2D eigenvalue weighted by molar-refractivity contribution is -0.131. The molecule has 0 aromatic heterocycles. The molecule has 0 amide bonds. The monoisotopic (exact) mass is 328 g/mol. The van der Waals surface area contributed by atoms with Crippen molar-refractivity contribution < 1.29 is 9.90 Å². The zero-order valence-corrected chi connectivity index (χ0v) is 14.8. The Balaban J connectivity index is 3.45. The SMILES string of the molecule is C=CCCCCCCCCCC=CC=CC=CC=CC=CC(=O)O. The van der Waals surface area contributed by atoms with E-state index in [1.54, 1.807) is 12.2 Å². The molecule has 0 rings (SSSR count). The van der Waals surface area contributed by atoms with E-state index < -0.39 is 5.97 Å². The van der Waals surface area contributed by atoms with E-state index in [-0.39, 0.29) is 0 Å². The van der Waals surface area contributed by atoms with Crippen molar-refractivity contribution in [3.8, 4) is 0 Å². The van der Waals surface area contributed by atoms with Gasteiger partial charge in [0.15, 0.2) is 0 Å². The molecule has 0 aromatic rings. The molecule has 0 aliphatic carbocycles. The third-order valence-corrected chi connectivity index (χ3v) is 3.43. The first-order valence-electron chi connectivity index (χ1n) is 8.94. The van der Waals surface area contributed by atoms with Gasteiger partial charge in [-0.25, -0.2) is 4.79 Å². The van der Waals surface area contributed by atoms with E-state index in [0.29, 0.717) is 0 Å². The predicted molar refractivity (Wildman–Crippen MR) is 105 cm³/mol. The van der Waals surface area contributed by atoms with Crippen molar-refractivity contribution in [3.63, 3.8) is 0 Å². The Morgan fingerprint density at radius 1 is 0.667 bits per heavy atom. The third kappa shape index (κ3) is 19.9. The lowest BCUT2D eigenvalue weighted by Crippen LogP contribution is -1.84. The molecular formula is C22H32O2. The number of carbonyl (C=O) groups is 1. The van der Waals surface area contributed by atoms with Crippen LogP contribution in [0, 0.1) is 0 Å². The molecule has 0 saturated heterocycles. The summed E-state index contributed by atoms with van der Waals surface area (Å²) in [5.41, 5.74) is 0. The summed E-state index contributed by atoms with van der Waals surface area (Å²) in [7, 11) is 0. The summed E-state index contributed by atoms with van der Waals surface area (Å²) in [6.07, 6.45) is 31.7. The summed E-state index contributed by atoms with van der Waals surface area (Å²) in [5.74, 6) is -0.933. The first kappa shape index (κ1) is 21.9. The maximum Gasteiger partial charge on any atom is 0.328 e. The molecule has 0 bridgehead atoms. The Kier molecular flexibility index (Phi) is 17.3. The minimum Gasteiger partial charge on any atom is -0.478 e.